The van der Waals surface area contributed by atoms with Gasteiger partial charge < -0.3 is 9.84 Å². The van der Waals surface area contributed by atoms with Gasteiger partial charge in [-0.1, -0.05) is 18.6 Å². The Labute approximate surface area is 116 Å². The van der Waals surface area contributed by atoms with Crippen molar-refractivity contribution in [2.45, 2.75) is 52.1 Å². The van der Waals surface area contributed by atoms with Crippen molar-refractivity contribution in [1.29, 1.82) is 0 Å². The zero-order valence-electron chi connectivity index (χ0n) is 12.5. The highest BCUT2D eigenvalue weighted by atomic mass is 16.5. The molecule has 0 bridgehead atoms. The largest absolute Gasteiger partial charge is 0.396 e. The number of carbonyl (C=O) groups excluding carboxylic acids is 1. The zero-order valence-corrected chi connectivity index (χ0v) is 12.5. The molecule has 2 rings (SSSR count). The first kappa shape index (κ1) is 14.7. The third-order valence-electron chi connectivity index (χ3n) is 5.25. The van der Waals surface area contributed by atoms with E-state index in [0.717, 1.165) is 19.3 Å². The third kappa shape index (κ3) is 1.90. The molecule has 0 amide bonds. The second-order valence-corrected chi connectivity index (χ2v) is 6.49. The number of methoxy groups -OCH3 is 1. The molecule has 3 nitrogen and oxygen atoms in total. The number of Topliss-reactive ketones (excluding diaryl/α,β-unsaturated/α-hetero) is 1. The number of hydrogen-bond acceptors (Lipinski definition) is 3. The second kappa shape index (κ2) is 5.02. The molecular weight excluding hydrogens is 240 g/mol. The van der Waals surface area contributed by atoms with Gasteiger partial charge in [0.25, 0.3) is 0 Å². The van der Waals surface area contributed by atoms with E-state index in [1.807, 2.05) is 0 Å². The van der Waals surface area contributed by atoms with Gasteiger partial charge in [0.1, 0.15) is 5.60 Å². The maximum atomic E-state index is 12.2. The number of hydrogen-bond donors (Lipinski definition) is 1. The molecule has 0 heterocycles. The smallest absolute Gasteiger partial charge is 0.165 e. The van der Waals surface area contributed by atoms with Crippen LogP contribution in [0.15, 0.2) is 11.6 Å². The number of allylic oxidation sites excluding steroid dienone is 2. The summed E-state index contributed by atoms with van der Waals surface area (Å²) in [5, 5.41) is 9.77. The lowest BCUT2D eigenvalue weighted by molar-refractivity contribution is -0.131. The van der Waals surface area contributed by atoms with Crippen molar-refractivity contribution in [3.8, 4) is 0 Å². The Morgan fingerprint density at radius 3 is 2.74 bits per heavy atom. The summed E-state index contributed by atoms with van der Waals surface area (Å²) in [6, 6.07) is 0. The van der Waals surface area contributed by atoms with Gasteiger partial charge in [-0.2, -0.15) is 0 Å². The van der Waals surface area contributed by atoms with Crippen molar-refractivity contribution in [1.82, 2.24) is 0 Å². The fraction of sp³-hybridized carbons (Fsp3) is 0.812. The van der Waals surface area contributed by atoms with E-state index in [4.69, 9.17) is 4.74 Å². The zero-order chi connectivity index (χ0) is 14.3. The molecule has 0 aliphatic heterocycles. The number of aliphatic hydroxyl groups is 1. The fourth-order valence-corrected chi connectivity index (χ4v) is 4.40. The van der Waals surface area contributed by atoms with Crippen LogP contribution in [0.2, 0.25) is 0 Å². The van der Waals surface area contributed by atoms with E-state index in [2.05, 4.69) is 26.8 Å². The summed E-state index contributed by atoms with van der Waals surface area (Å²) in [7, 11) is 1.62. The molecule has 0 saturated heterocycles. The molecule has 2 saturated carbocycles. The van der Waals surface area contributed by atoms with Crippen molar-refractivity contribution in [3.63, 3.8) is 0 Å². The number of carbonyl (C=O) groups is 1. The summed E-state index contributed by atoms with van der Waals surface area (Å²) in [6.45, 7) is 6.47. The summed E-state index contributed by atoms with van der Waals surface area (Å²) in [5.41, 5.74) is 0.368. The summed E-state index contributed by atoms with van der Waals surface area (Å²) >= 11 is 0. The molecule has 2 aliphatic rings. The molecular formula is C16H26O3. The van der Waals surface area contributed by atoms with Gasteiger partial charge in [0.05, 0.1) is 6.61 Å². The van der Waals surface area contributed by atoms with Crippen LogP contribution in [0.3, 0.4) is 0 Å². The lowest BCUT2D eigenvalue weighted by Gasteiger charge is -2.17. The van der Waals surface area contributed by atoms with Crippen LogP contribution in [-0.2, 0) is 9.53 Å². The highest BCUT2D eigenvalue weighted by Crippen LogP contribution is 2.73. The summed E-state index contributed by atoms with van der Waals surface area (Å²) in [6.07, 6.45) is 5.67. The molecule has 108 valence electrons. The van der Waals surface area contributed by atoms with E-state index in [-0.39, 0.29) is 23.7 Å². The third-order valence-corrected chi connectivity index (χ3v) is 5.25. The van der Waals surface area contributed by atoms with Crippen LogP contribution in [0, 0.1) is 17.3 Å². The highest BCUT2D eigenvalue weighted by molar-refractivity contribution is 5.96. The Balaban J connectivity index is 2.09. The molecule has 0 radical (unpaired) electrons. The van der Waals surface area contributed by atoms with Gasteiger partial charge in [0.2, 0.25) is 0 Å². The van der Waals surface area contributed by atoms with Gasteiger partial charge in [-0.15, -0.1) is 0 Å². The van der Waals surface area contributed by atoms with E-state index in [9.17, 15) is 9.90 Å². The average Bonchev–Trinajstić information content (AvgIpc) is 2.89. The predicted octanol–water partition coefficient (Wildman–Crippen LogP) is 2.73. The van der Waals surface area contributed by atoms with Crippen molar-refractivity contribution in [2.24, 2.45) is 17.3 Å². The Kier molecular flexibility index (Phi) is 3.90. The van der Waals surface area contributed by atoms with Gasteiger partial charge >= 0.3 is 0 Å². The molecule has 0 aromatic carbocycles. The second-order valence-electron chi connectivity index (χ2n) is 6.49. The quantitative estimate of drug-likeness (QED) is 0.752. The summed E-state index contributed by atoms with van der Waals surface area (Å²) < 4.78 is 5.62. The molecule has 0 spiro atoms. The van der Waals surface area contributed by atoms with E-state index in [1.165, 1.54) is 5.57 Å². The van der Waals surface area contributed by atoms with E-state index in [1.54, 1.807) is 7.11 Å². The Morgan fingerprint density at radius 2 is 2.26 bits per heavy atom. The lowest BCUT2D eigenvalue weighted by Crippen LogP contribution is -2.29. The SMILES string of the molecule is CO[C@]12C(=O)CC[C@@]1(CO)[C@H]2C(C)CCC=C(C)C. The first-order chi connectivity index (χ1) is 8.96. The van der Waals surface area contributed by atoms with Crippen LogP contribution in [0.25, 0.3) is 0 Å². The first-order valence-electron chi connectivity index (χ1n) is 7.29. The number of ether oxygens (including phenoxy) is 1. The molecule has 0 aromatic rings. The van der Waals surface area contributed by atoms with Crippen molar-refractivity contribution >= 4 is 5.78 Å². The van der Waals surface area contributed by atoms with Gasteiger partial charge in [0, 0.05) is 24.9 Å². The molecule has 2 aliphatic carbocycles. The summed E-state index contributed by atoms with van der Waals surface area (Å²) in [5.74, 6) is 0.803. The van der Waals surface area contributed by atoms with Gasteiger partial charge in [-0.05, 0) is 39.0 Å². The van der Waals surface area contributed by atoms with E-state index >= 15 is 0 Å². The van der Waals surface area contributed by atoms with Crippen LogP contribution in [0.4, 0.5) is 0 Å². The molecule has 3 heteroatoms. The Morgan fingerprint density at radius 1 is 1.58 bits per heavy atom. The lowest BCUT2D eigenvalue weighted by atomic mass is 9.89. The van der Waals surface area contributed by atoms with Crippen LogP contribution in [0.5, 0.6) is 0 Å². The van der Waals surface area contributed by atoms with Crippen molar-refractivity contribution in [3.05, 3.63) is 11.6 Å². The standard InChI is InChI=1S/C16H26O3/c1-11(2)6-5-7-12(3)14-15(10-17)9-8-13(18)16(14,15)19-4/h6,12,14,17H,5,7-10H2,1-4H3/t12?,14-,15-,16+/m1/s1. The number of aliphatic hydroxyl groups excluding tert-OH is 1. The molecule has 19 heavy (non-hydrogen) atoms. The van der Waals surface area contributed by atoms with Crippen LogP contribution >= 0.6 is 0 Å². The Bertz CT molecular complexity index is 397. The van der Waals surface area contributed by atoms with E-state index < -0.39 is 5.60 Å². The molecule has 1 unspecified atom stereocenters. The number of fused-ring (bicyclic) bond motifs is 1. The topological polar surface area (TPSA) is 46.5 Å². The van der Waals surface area contributed by atoms with Crippen LogP contribution in [0.1, 0.15) is 46.5 Å². The molecule has 1 N–H and O–H groups in total. The maximum Gasteiger partial charge on any atom is 0.165 e. The highest BCUT2D eigenvalue weighted by Gasteiger charge is 2.83. The first-order valence-corrected chi connectivity index (χ1v) is 7.29. The fourth-order valence-electron chi connectivity index (χ4n) is 4.40. The van der Waals surface area contributed by atoms with Crippen LogP contribution < -0.4 is 0 Å². The van der Waals surface area contributed by atoms with Gasteiger partial charge in [-0.25, -0.2) is 0 Å². The molecule has 4 atom stereocenters. The van der Waals surface area contributed by atoms with Crippen LogP contribution in [-0.4, -0.2) is 30.2 Å². The Hall–Kier alpha value is -0.670. The van der Waals surface area contributed by atoms with E-state index in [0.29, 0.717) is 12.3 Å². The number of ketones is 1. The number of rotatable bonds is 6. The molecule has 2 fully saturated rings. The monoisotopic (exact) mass is 266 g/mol. The van der Waals surface area contributed by atoms with Gasteiger partial charge in [0.15, 0.2) is 5.78 Å². The maximum absolute atomic E-state index is 12.2. The summed E-state index contributed by atoms with van der Waals surface area (Å²) in [4.78, 5) is 12.2. The minimum absolute atomic E-state index is 0.0736. The average molecular weight is 266 g/mol. The normalized spacial score (nSPS) is 37.9. The van der Waals surface area contributed by atoms with Crippen molar-refractivity contribution in [2.75, 3.05) is 13.7 Å². The minimum atomic E-state index is -0.674. The minimum Gasteiger partial charge on any atom is -0.396 e. The van der Waals surface area contributed by atoms with Gasteiger partial charge in [-0.3, -0.25) is 4.79 Å². The molecule has 0 aromatic heterocycles. The predicted molar refractivity (Wildman–Crippen MR) is 74.8 cm³/mol. The van der Waals surface area contributed by atoms with Crippen molar-refractivity contribution < 1.29 is 14.6 Å².